The van der Waals surface area contributed by atoms with Crippen molar-refractivity contribution in [2.75, 3.05) is 0 Å². The summed E-state index contributed by atoms with van der Waals surface area (Å²) < 4.78 is 16.0. The van der Waals surface area contributed by atoms with E-state index in [1.54, 1.807) is 17.0 Å². The minimum absolute atomic E-state index is 0.00467. The molecule has 3 aromatic rings. The molecular formula is C23H21ClFN5O4. The Morgan fingerprint density at radius 2 is 2.06 bits per heavy atom. The zero-order valence-electron chi connectivity index (χ0n) is 18.0. The van der Waals surface area contributed by atoms with E-state index < -0.39 is 17.8 Å². The van der Waals surface area contributed by atoms with Crippen molar-refractivity contribution in [1.82, 2.24) is 14.7 Å². The maximum Gasteiger partial charge on any atom is 0.269 e. The van der Waals surface area contributed by atoms with Gasteiger partial charge in [-0.2, -0.15) is 9.83 Å². The van der Waals surface area contributed by atoms with Crippen molar-refractivity contribution >= 4 is 40.1 Å². The highest BCUT2D eigenvalue weighted by molar-refractivity contribution is 6.30. The molecule has 1 saturated heterocycles. The second-order valence-electron chi connectivity index (χ2n) is 8.77. The third-order valence-electron chi connectivity index (χ3n) is 6.62. The summed E-state index contributed by atoms with van der Waals surface area (Å²) in [4.78, 5) is 39.7. The van der Waals surface area contributed by atoms with Gasteiger partial charge in [0.15, 0.2) is 17.7 Å². The SMILES string of the molecule is NC(=O)c1nn(CC(=O)N2[C@@H]3C[C@@H]3C[C@H]2C(=O)CCc2cccc(Cl)c2F)c2c[n+]([O-])ccc12. The summed E-state index contributed by atoms with van der Waals surface area (Å²) in [5.41, 5.74) is 6.02. The van der Waals surface area contributed by atoms with Gasteiger partial charge in [0.1, 0.15) is 17.9 Å². The van der Waals surface area contributed by atoms with E-state index in [2.05, 4.69) is 5.10 Å². The fraction of sp³-hybridized carbons (Fsp3) is 0.348. The van der Waals surface area contributed by atoms with Gasteiger partial charge in [0, 0.05) is 23.9 Å². The van der Waals surface area contributed by atoms with E-state index in [1.807, 2.05) is 0 Å². The number of piperidine rings is 1. The van der Waals surface area contributed by atoms with E-state index in [-0.39, 0.29) is 53.8 Å². The Morgan fingerprint density at radius 1 is 1.26 bits per heavy atom. The van der Waals surface area contributed by atoms with Gasteiger partial charge in [-0.05, 0) is 36.8 Å². The third-order valence-corrected chi connectivity index (χ3v) is 6.91. The van der Waals surface area contributed by atoms with E-state index in [0.717, 1.165) is 6.42 Å². The lowest BCUT2D eigenvalue weighted by Gasteiger charge is -2.27. The number of rotatable bonds is 7. The van der Waals surface area contributed by atoms with Gasteiger partial charge in [-0.1, -0.05) is 23.7 Å². The van der Waals surface area contributed by atoms with Crippen LogP contribution in [0, 0.1) is 16.9 Å². The number of benzene rings is 1. The number of likely N-dealkylation sites (tertiary alicyclic amines) is 1. The molecule has 0 spiro atoms. The number of ketones is 1. The Bertz CT molecular complexity index is 1340. The van der Waals surface area contributed by atoms with E-state index in [9.17, 15) is 24.0 Å². The fourth-order valence-corrected chi connectivity index (χ4v) is 5.08. The summed E-state index contributed by atoms with van der Waals surface area (Å²) in [6.45, 7) is -0.246. The zero-order valence-corrected chi connectivity index (χ0v) is 18.7. The molecule has 0 radical (unpaired) electrons. The summed E-state index contributed by atoms with van der Waals surface area (Å²) in [5, 5.41) is 16.3. The van der Waals surface area contributed by atoms with Crippen LogP contribution in [0.5, 0.6) is 0 Å². The predicted molar refractivity (Wildman–Crippen MR) is 119 cm³/mol. The number of nitrogens with zero attached hydrogens (tertiary/aromatic N) is 4. The van der Waals surface area contributed by atoms with Crippen molar-refractivity contribution in [3.8, 4) is 0 Å². The van der Waals surface area contributed by atoms with E-state index in [4.69, 9.17) is 17.3 Å². The van der Waals surface area contributed by atoms with Gasteiger partial charge in [-0.15, -0.1) is 0 Å². The van der Waals surface area contributed by atoms with Crippen molar-refractivity contribution in [1.29, 1.82) is 0 Å². The highest BCUT2D eigenvalue weighted by Crippen LogP contribution is 2.48. The molecule has 2 aromatic heterocycles. The van der Waals surface area contributed by atoms with Crippen LogP contribution in [0.15, 0.2) is 36.7 Å². The van der Waals surface area contributed by atoms with Gasteiger partial charge in [-0.25, -0.2) is 9.07 Å². The van der Waals surface area contributed by atoms with Gasteiger partial charge >= 0.3 is 0 Å². The van der Waals surface area contributed by atoms with Crippen molar-refractivity contribution in [2.24, 2.45) is 11.7 Å². The smallest absolute Gasteiger partial charge is 0.269 e. The van der Waals surface area contributed by atoms with Crippen LogP contribution in [0.3, 0.4) is 0 Å². The number of hydrogen-bond acceptors (Lipinski definition) is 5. The second-order valence-corrected chi connectivity index (χ2v) is 9.18. The van der Waals surface area contributed by atoms with Gasteiger partial charge in [-0.3, -0.25) is 14.4 Å². The summed E-state index contributed by atoms with van der Waals surface area (Å²) in [7, 11) is 0. The Kier molecular flexibility index (Phi) is 5.47. The third kappa shape index (κ3) is 3.87. The van der Waals surface area contributed by atoms with Gasteiger partial charge in [0.05, 0.1) is 11.1 Å². The molecule has 2 aliphatic rings. The normalized spacial score (nSPS) is 21.0. The molecule has 176 valence electrons. The van der Waals surface area contributed by atoms with Crippen molar-refractivity contribution in [3.05, 3.63) is 64.0 Å². The van der Waals surface area contributed by atoms with E-state index >= 15 is 0 Å². The standard InChI is InChI=1S/C23H21ClFN5O4/c24-15-3-1-2-12(21(15)25)4-5-19(31)17-9-13-8-16(13)30(17)20(32)11-29-18-10-28(34)7-6-14(18)22(27-29)23(26)33/h1-3,6-7,10,13,16-17H,4-5,8-9,11H2,(H2,26,33)/t13-,16-,17+/m1/s1. The molecule has 1 aliphatic heterocycles. The Balaban J connectivity index is 1.34. The van der Waals surface area contributed by atoms with Gasteiger partial charge in [0.2, 0.25) is 12.1 Å². The molecule has 34 heavy (non-hydrogen) atoms. The first kappa shape index (κ1) is 22.3. The lowest BCUT2D eigenvalue weighted by Crippen LogP contribution is -2.44. The minimum atomic E-state index is -0.774. The number of amides is 2. The van der Waals surface area contributed by atoms with Crippen LogP contribution in [0.4, 0.5) is 4.39 Å². The largest absolute Gasteiger partial charge is 0.619 e. The summed E-state index contributed by atoms with van der Waals surface area (Å²) in [6.07, 6.45) is 4.10. The van der Waals surface area contributed by atoms with Crippen LogP contribution in [0.1, 0.15) is 35.3 Å². The topological polar surface area (TPSA) is 125 Å². The van der Waals surface area contributed by atoms with Crippen LogP contribution < -0.4 is 10.5 Å². The maximum absolute atomic E-state index is 14.2. The van der Waals surface area contributed by atoms with Crippen LogP contribution in [0.2, 0.25) is 5.02 Å². The molecule has 2 amide bonds. The number of aryl methyl sites for hydroxylation is 1. The molecular weight excluding hydrogens is 465 g/mol. The van der Waals surface area contributed by atoms with E-state index in [0.29, 0.717) is 27.6 Å². The molecule has 5 rings (SSSR count). The van der Waals surface area contributed by atoms with Crippen molar-refractivity contribution in [3.63, 3.8) is 0 Å². The molecule has 1 aliphatic carbocycles. The number of carbonyl (C=O) groups excluding carboxylic acids is 3. The zero-order chi connectivity index (χ0) is 24.1. The van der Waals surface area contributed by atoms with Crippen molar-refractivity contribution in [2.45, 2.75) is 44.3 Å². The lowest BCUT2D eigenvalue weighted by atomic mass is 10.00. The molecule has 2 N–H and O–H groups in total. The fourth-order valence-electron chi connectivity index (χ4n) is 4.88. The number of halogens is 2. The average molecular weight is 486 g/mol. The lowest BCUT2D eigenvalue weighted by molar-refractivity contribution is -0.604. The van der Waals surface area contributed by atoms with Crippen LogP contribution in [-0.2, 0) is 22.6 Å². The monoisotopic (exact) mass is 485 g/mol. The first-order valence-corrected chi connectivity index (χ1v) is 11.3. The molecule has 3 heterocycles. The number of carbonyl (C=O) groups is 3. The summed E-state index contributed by atoms with van der Waals surface area (Å²) in [6, 6.07) is 5.47. The maximum atomic E-state index is 14.2. The van der Waals surface area contributed by atoms with Crippen LogP contribution >= 0.6 is 11.6 Å². The highest BCUT2D eigenvalue weighted by atomic mass is 35.5. The second kappa shape index (κ2) is 8.35. The number of aromatic nitrogens is 3. The molecule has 9 nitrogen and oxygen atoms in total. The number of nitrogens with two attached hydrogens (primary N) is 1. The van der Waals surface area contributed by atoms with E-state index in [1.165, 1.54) is 29.2 Å². The number of primary amides is 1. The Labute approximate surface area is 198 Å². The Morgan fingerprint density at radius 3 is 2.82 bits per heavy atom. The first-order chi connectivity index (χ1) is 16.2. The van der Waals surface area contributed by atoms with Crippen LogP contribution in [0.25, 0.3) is 10.9 Å². The molecule has 1 aromatic carbocycles. The number of pyridine rings is 1. The number of fused-ring (bicyclic) bond motifs is 2. The number of Topliss-reactive ketones (excluding diaryl/α,β-unsaturated/α-hetero) is 1. The van der Waals surface area contributed by atoms with Crippen LogP contribution in [-0.4, -0.2) is 44.4 Å². The average Bonchev–Trinajstić information content (AvgIpc) is 3.31. The quantitative estimate of drug-likeness (QED) is 0.403. The molecule has 2 fully saturated rings. The number of hydrogen-bond donors (Lipinski definition) is 1. The molecule has 11 heteroatoms. The Hall–Kier alpha value is -3.53. The summed E-state index contributed by atoms with van der Waals surface area (Å²) in [5.74, 6) is -1.52. The first-order valence-electron chi connectivity index (χ1n) is 10.9. The van der Waals surface area contributed by atoms with Gasteiger partial charge < -0.3 is 15.8 Å². The highest BCUT2D eigenvalue weighted by Gasteiger charge is 2.55. The minimum Gasteiger partial charge on any atom is -0.619 e. The summed E-state index contributed by atoms with van der Waals surface area (Å²) >= 11 is 5.82. The van der Waals surface area contributed by atoms with Gasteiger partial charge in [0.25, 0.3) is 5.91 Å². The molecule has 3 atom stereocenters. The molecule has 1 saturated carbocycles. The molecule has 0 bridgehead atoms. The molecule has 0 unspecified atom stereocenters. The van der Waals surface area contributed by atoms with Crippen molar-refractivity contribution < 1.29 is 23.5 Å². The predicted octanol–water partition coefficient (Wildman–Crippen LogP) is 1.75.